The first-order chi connectivity index (χ1) is 17.5. The van der Waals surface area contributed by atoms with Crippen LogP contribution in [0.3, 0.4) is 0 Å². The largest absolute Gasteiger partial charge is 0.478 e. The molecular formula is C32H48O5. The summed E-state index contributed by atoms with van der Waals surface area (Å²) in [6.07, 6.45) is 14.3. The third-order valence-corrected chi connectivity index (χ3v) is 9.33. The van der Waals surface area contributed by atoms with E-state index < -0.39 is 12.1 Å². The first-order valence-electron chi connectivity index (χ1n) is 14.1. The average Bonchev–Trinajstić information content (AvgIpc) is 3.20. The molecule has 0 bridgehead atoms. The van der Waals surface area contributed by atoms with Crippen LogP contribution in [0.15, 0.2) is 59.8 Å². The highest BCUT2D eigenvalue weighted by Gasteiger charge is 2.49. The van der Waals surface area contributed by atoms with Crippen molar-refractivity contribution < 1.29 is 24.9 Å². The van der Waals surface area contributed by atoms with Crippen LogP contribution in [0.5, 0.6) is 0 Å². The summed E-state index contributed by atoms with van der Waals surface area (Å²) in [5.41, 5.74) is 3.99. The topological polar surface area (TPSA) is 87.0 Å². The monoisotopic (exact) mass is 512 g/mol. The van der Waals surface area contributed by atoms with Gasteiger partial charge in [-0.25, -0.2) is 4.79 Å². The van der Waals surface area contributed by atoms with Gasteiger partial charge < -0.3 is 20.1 Å². The third kappa shape index (κ3) is 6.74. The maximum absolute atomic E-state index is 11.2. The first-order valence-corrected chi connectivity index (χ1v) is 14.1. The van der Waals surface area contributed by atoms with Gasteiger partial charge in [-0.2, -0.15) is 0 Å². The van der Waals surface area contributed by atoms with Gasteiger partial charge in [-0.05, 0) is 78.8 Å². The molecule has 8 atom stereocenters. The van der Waals surface area contributed by atoms with Crippen molar-refractivity contribution in [3.8, 4) is 0 Å². The predicted octanol–water partition coefficient (Wildman–Crippen LogP) is 6.25. The van der Waals surface area contributed by atoms with E-state index in [0.29, 0.717) is 55.1 Å². The second kappa shape index (κ2) is 12.7. The smallest absolute Gasteiger partial charge is 0.330 e. The Kier molecular flexibility index (Phi) is 10.2. The highest BCUT2D eigenvalue weighted by atomic mass is 16.5. The van der Waals surface area contributed by atoms with E-state index in [4.69, 9.17) is 9.84 Å². The first kappa shape index (κ1) is 29.6. The van der Waals surface area contributed by atoms with Crippen LogP contribution >= 0.6 is 0 Å². The maximum atomic E-state index is 11.2. The van der Waals surface area contributed by atoms with E-state index in [1.807, 2.05) is 0 Å². The lowest BCUT2D eigenvalue weighted by molar-refractivity contribution is -0.132. The molecule has 2 saturated carbocycles. The van der Waals surface area contributed by atoms with Gasteiger partial charge in [-0.3, -0.25) is 0 Å². The fraction of sp³-hybridized carbons (Fsp3) is 0.656. The number of carboxylic acid groups (broad SMARTS) is 1. The van der Waals surface area contributed by atoms with E-state index in [0.717, 1.165) is 24.0 Å². The summed E-state index contributed by atoms with van der Waals surface area (Å²) < 4.78 is 5.87. The number of carboxylic acids is 1. The van der Waals surface area contributed by atoms with Crippen molar-refractivity contribution >= 4 is 5.97 Å². The molecule has 0 aromatic carbocycles. The lowest BCUT2D eigenvalue weighted by Gasteiger charge is -2.41. The minimum Gasteiger partial charge on any atom is -0.478 e. The number of allylic oxidation sites excluding steroid dienone is 5. The SMILES string of the molecule is C=C(C[C@@H](C)C[C@@H](C)[C@H]1CC[C@H]2/C(=C/C=C3/C[C@@H](O)[C@H](OCCCO)C(C)C3=C)CC=C[C@]12C)C(=O)O. The van der Waals surface area contributed by atoms with Crippen molar-refractivity contribution in [1.29, 1.82) is 0 Å². The molecule has 37 heavy (non-hydrogen) atoms. The lowest BCUT2D eigenvalue weighted by Crippen LogP contribution is -2.40. The molecule has 0 amide bonds. The van der Waals surface area contributed by atoms with Crippen LogP contribution in [0.25, 0.3) is 0 Å². The zero-order chi connectivity index (χ0) is 27.3. The maximum Gasteiger partial charge on any atom is 0.330 e. The van der Waals surface area contributed by atoms with Gasteiger partial charge in [0.05, 0.1) is 12.2 Å². The van der Waals surface area contributed by atoms with Crippen LogP contribution in [-0.4, -0.2) is 46.7 Å². The Labute approximate surface area is 223 Å². The number of carbonyl (C=O) groups is 1. The summed E-state index contributed by atoms with van der Waals surface area (Å²) >= 11 is 0. The summed E-state index contributed by atoms with van der Waals surface area (Å²) in [5, 5.41) is 29.0. The molecular weight excluding hydrogens is 464 g/mol. The Balaban J connectivity index is 1.69. The Bertz CT molecular complexity index is 943. The molecule has 0 radical (unpaired) electrons. The second-order valence-electron chi connectivity index (χ2n) is 12.1. The highest BCUT2D eigenvalue weighted by molar-refractivity contribution is 5.85. The summed E-state index contributed by atoms with van der Waals surface area (Å²) in [4.78, 5) is 11.2. The van der Waals surface area contributed by atoms with Crippen LogP contribution in [-0.2, 0) is 9.53 Å². The summed E-state index contributed by atoms with van der Waals surface area (Å²) in [6, 6.07) is 0. The van der Waals surface area contributed by atoms with E-state index in [1.165, 1.54) is 18.4 Å². The molecule has 5 heteroatoms. The molecule has 0 aromatic heterocycles. The van der Waals surface area contributed by atoms with Gasteiger partial charge >= 0.3 is 5.97 Å². The summed E-state index contributed by atoms with van der Waals surface area (Å²) in [5.74, 6) is 1.01. The van der Waals surface area contributed by atoms with Crippen molar-refractivity contribution in [2.45, 2.75) is 84.8 Å². The zero-order valence-electron chi connectivity index (χ0n) is 23.3. The van der Waals surface area contributed by atoms with Gasteiger partial charge in [0.25, 0.3) is 0 Å². The van der Waals surface area contributed by atoms with E-state index >= 15 is 0 Å². The molecule has 3 aliphatic carbocycles. The Morgan fingerprint density at radius 2 is 2.03 bits per heavy atom. The Morgan fingerprint density at radius 1 is 1.30 bits per heavy atom. The van der Waals surface area contributed by atoms with E-state index in [2.05, 4.69) is 65.2 Å². The summed E-state index contributed by atoms with van der Waals surface area (Å²) in [7, 11) is 0. The molecule has 0 heterocycles. The minimum absolute atomic E-state index is 0.0273. The van der Waals surface area contributed by atoms with Crippen LogP contribution < -0.4 is 0 Å². The van der Waals surface area contributed by atoms with E-state index in [-0.39, 0.29) is 24.0 Å². The number of aliphatic hydroxyl groups is 2. The lowest BCUT2D eigenvalue weighted by atomic mass is 9.63. The number of hydrogen-bond acceptors (Lipinski definition) is 4. The average molecular weight is 513 g/mol. The van der Waals surface area contributed by atoms with Crippen LogP contribution in [0.2, 0.25) is 0 Å². The van der Waals surface area contributed by atoms with Crippen molar-refractivity contribution in [2.24, 2.45) is 35.0 Å². The number of aliphatic carboxylic acids is 1. The molecule has 5 nitrogen and oxygen atoms in total. The standard InChI is InChI=1S/C32H48O5/c1-20(18-22(3)31(35)36)17-21(2)27-12-13-28-25(9-7-14-32(27,28)6)10-11-26-19-29(34)30(24(5)23(26)4)37-16-8-15-33/h7,10-11,14,20-21,24,27-30,33-34H,3-4,8-9,12-13,15-19H2,1-2,5-6H3,(H,35,36)/b25-10+,26-11-/t20-,21+,24?,27+,28-,29+,30+,32+/m0/s1. The molecule has 206 valence electrons. The van der Waals surface area contributed by atoms with Gasteiger partial charge in [-0.1, -0.05) is 70.7 Å². The molecule has 0 aliphatic heterocycles. The normalized spacial score (nSPS) is 35.5. The number of hydrogen-bond donors (Lipinski definition) is 3. The Morgan fingerprint density at radius 3 is 2.70 bits per heavy atom. The fourth-order valence-corrected chi connectivity index (χ4v) is 7.33. The van der Waals surface area contributed by atoms with Gasteiger partial charge in [0.15, 0.2) is 0 Å². The molecule has 0 aromatic rings. The number of ether oxygens (including phenoxy) is 1. The third-order valence-electron chi connectivity index (χ3n) is 9.33. The van der Waals surface area contributed by atoms with Crippen LogP contribution in [0, 0.1) is 35.0 Å². The number of rotatable bonds is 11. The van der Waals surface area contributed by atoms with Crippen molar-refractivity contribution in [2.75, 3.05) is 13.2 Å². The van der Waals surface area contributed by atoms with Gasteiger partial charge in [0, 0.05) is 31.1 Å². The van der Waals surface area contributed by atoms with Crippen molar-refractivity contribution in [1.82, 2.24) is 0 Å². The number of fused-ring (bicyclic) bond motifs is 1. The van der Waals surface area contributed by atoms with Crippen LogP contribution in [0.1, 0.15) is 72.6 Å². The summed E-state index contributed by atoms with van der Waals surface area (Å²) in [6.45, 7) is 17.5. The minimum atomic E-state index is -0.890. The zero-order valence-corrected chi connectivity index (χ0v) is 23.3. The van der Waals surface area contributed by atoms with E-state index in [9.17, 15) is 15.0 Å². The predicted molar refractivity (Wildman–Crippen MR) is 149 cm³/mol. The molecule has 3 aliphatic rings. The fourth-order valence-electron chi connectivity index (χ4n) is 7.33. The van der Waals surface area contributed by atoms with Crippen molar-refractivity contribution in [3.63, 3.8) is 0 Å². The molecule has 2 fully saturated rings. The van der Waals surface area contributed by atoms with Crippen molar-refractivity contribution in [3.05, 3.63) is 59.8 Å². The molecule has 0 saturated heterocycles. The molecule has 1 unspecified atom stereocenters. The molecule has 3 N–H and O–H groups in total. The van der Waals surface area contributed by atoms with Gasteiger partial charge in [0.1, 0.15) is 0 Å². The Hall–Kier alpha value is -1.95. The van der Waals surface area contributed by atoms with Gasteiger partial charge in [-0.15, -0.1) is 0 Å². The van der Waals surface area contributed by atoms with Gasteiger partial charge in [0.2, 0.25) is 0 Å². The van der Waals surface area contributed by atoms with Crippen LogP contribution in [0.4, 0.5) is 0 Å². The second-order valence-corrected chi connectivity index (χ2v) is 12.1. The molecule has 3 rings (SSSR count). The van der Waals surface area contributed by atoms with E-state index in [1.54, 1.807) is 0 Å². The molecule has 0 spiro atoms. The number of aliphatic hydroxyl groups excluding tert-OH is 2. The highest BCUT2D eigenvalue weighted by Crippen LogP contribution is 2.57. The quantitative estimate of drug-likeness (QED) is 0.173.